The maximum absolute atomic E-state index is 7.55. The van der Waals surface area contributed by atoms with E-state index in [1.807, 2.05) is 18.7 Å². The first-order valence-electron chi connectivity index (χ1n) is 3.69. The smallest absolute Gasteiger partial charge is 0.0340 e. The quantitative estimate of drug-likeness (QED) is 0.608. The zero-order valence-corrected chi connectivity index (χ0v) is 7.13. The average molecular weight is 155 g/mol. The molecule has 0 saturated heterocycles. The van der Waals surface area contributed by atoms with Gasteiger partial charge in [0.25, 0.3) is 0 Å². The predicted octanol–water partition coefficient (Wildman–Crippen LogP) is 2.48. The fraction of sp³-hybridized carbons (Fsp3) is 0.625. The van der Waals surface area contributed by atoms with Crippen molar-refractivity contribution < 1.29 is 0 Å². The SMILES string of the molecule is CCC(=N)C1=CCSCC1. The zero-order valence-electron chi connectivity index (χ0n) is 6.31. The summed E-state index contributed by atoms with van der Waals surface area (Å²) < 4.78 is 0. The van der Waals surface area contributed by atoms with Crippen LogP contribution in [-0.4, -0.2) is 17.2 Å². The molecule has 0 unspecified atom stereocenters. The third-order valence-corrected chi connectivity index (χ3v) is 2.60. The van der Waals surface area contributed by atoms with Crippen LogP contribution in [0.5, 0.6) is 0 Å². The zero-order chi connectivity index (χ0) is 7.40. The molecule has 10 heavy (non-hydrogen) atoms. The minimum atomic E-state index is 0.834. The average Bonchev–Trinajstić information content (AvgIpc) is 2.05. The van der Waals surface area contributed by atoms with E-state index in [0.717, 1.165) is 24.3 Å². The third-order valence-electron chi connectivity index (χ3n) is 1.70. The monoisotopic (exact) mass is 155 g/mol. The van der Waals surface area contributed by atoms with Gasteiger partial charge in [0, 0.05) is 11.5 Å². The lowest BCUT2D eigenvalue weighted by molar-refractivity contribution is 1.11. The fourth-order valence-corrected chi connectivity index (χ4v) is 1.88. The number of hydrogen-bond donors (Lipinski definition) is 1. The Bertz CT molecular complexity index is 161. The normalized spacial score (nSPS) is 18.3. The highest BCUT2D eigenvalue weighted by Crippen LogP contribution is 2.18. The van der Waals surface area contributed by atoms with Crippen molar-refractivity contribution in [2.75, 3.05) is 11.5 Å². The second-order valence-corrected chi connectivity index (χ2v) is 3.54. The van der Waals surface area contributed by atoms with Crippen molar-refractivity contribution in [1.82, 2.24) is 0 Å². The molecule has 0 bridgehead atoms. The van der Waals surface area contributed by atoms with Gasteiger partial charge in [0.1, 0.15) is 0 Å². The first-order valence-corrected chi connectivity index (χ1v) is 4.84. The molecule has 1 nitrogen and oxygen atoms in total. The van der Waals surface area contributed by atoms with Crippen LogP contribution in [0.1, 0.15) is 19.8 Å². The van der Waals surface area contributed by atoms with Crippen LogP contribution in [0.25, 0.3) is 0 Å². The minimum absolute atomic E-state index is 0.834. The van der Waals surface area contributed by atoms with Crippen molar-refractivity contribution in [2.24, 2.45) is 0 Å². The highest BCUT2D eigenvalue weighted by molar-refractivity contribution is 7.99. The summed E-state index contributed by atoms with van der Waals surface area (Å²) >= 11 is 1.95. The Labute approximate surface area is 66.4 Å². The van der Waals surface area contributed by atoms with Crippen LogP contribution in [0.4, 0.5) is 0 Å². The van der Waals surface area contributed by atoms with Crippen LogP contribution in [0.2, 0.25) is 0 Å². The van der Waals surface area contributed by atoms with E-state index in [1.165, 1.54) is 11.3 Å². The van der Waals surface area contributed by atoms with Gasteiger partial charge in [-0.15, -0.1) is 0 Å². The molecule has 0 spiro atoms. The van der Waals surface area contributed by atoms with E-state index in [-0.39, 0.29) is 0 Å². The summed E-state index contributed by atoms with van der Waals surface area (Å²) in [6.07, 6.45) is 4.19. The summed E-state index contributed by atoms with van der Waals surface area (Å²) in [7, 11) is 0. The Hall–Kier alpha value is -0.240. The van der Waals surface area contributed by atoms with Crippen LogP contribution in [0, 0.1) is 5.41 Å². The molecule has 0 fully saturated rings. The van der Waals surface area contributed by atoms with Crippen LogP contribution in [0.3, 0.4) is 0 Å². The number of hydrogen-bond acceptors (Lipinski definition) is 2. The Kier molecular flexibility index (Phi) is 3.00. The van der Waals surface area contributed by atoms with Crippen molar-refractivity contribution in [3.8, 4) is 0 Å². The highest BCUT2D eigenvalue weighted by Gasteiger charge is 2.06. The lowest BCUT2D eigenvalue weighted by Gasteiger charge is -2.11. The number of nitrogens with one attached hydrogen (secondary N) is 1. The molecule has 0 saturated carbocycles. The van der Waals surface area contributed by atoms with E-state index < -0.39 is 0 Å². The van der Waals surface area contributed by atoms with Crippen molar-refractivity contribution >= 4 is 17.5 Å². The number of rotatable bonds is 2. The molecule has 0 aromatic heterocycles. The molecule has 0 amide bonds. The molecule has 1 aliphatic heterocycles. The molecule has 1 heterocycles. The van der Waals surface area contributed by atoms with E-state index in [9.17, 15) is 0 Å². The summed E-state index contributed by atoms with van der Waals surface area (Å²) in [6, 6.07) is 0. The van der Waals surface area contributed by atoms with Crippen molar-refractivity contribution in [1.29, 1.82) is 5.41 Å². The van der Waals surface area contributed by atoms with Crippen LogP contribution < -0.4 is 0 Å². The maximum atomic E-state index is 7.55. The lowest BCUT2D eigenvalue weighted by atomic mass is 10.1. The van der Waals surface area contributed by atoms with Gasteiger partial charge in [-0.05, 0) is 24.2 Å². The summed E-state index contributed by atoms with van der Waals surface area (Å²) in [5.74, 6) is 2.31. The standard InChI is InChI=1S/C8H13NS/c1-2-8(9)7-3-5-10-6-4-7/h3,9H,2,4-6H2,1H3. The molecule has 0 radical (unpaired) electrons. The molecule has 0 atom stereocenters. The number of thioether (sulfide) groups is 1. The molecule has 0 aromatic carbocycles. The first-order chi connectivity index (χ1) is 4.84. The Morgan fingerprint density at radius 1 is 1.80 bits per heavy atom. The van der Waals surface area contributed by atoms with Gasteiger partial charge in [-0.1, -0.05) is 13.0 Å². The van der Waals surface area contributed by atoms with E-state index in [2.05, 4.69) is 6.08 Å². The molecule has 1 aliphatic rings. The Morgan fingerprint density at radius 3 is 3.10 bits per heavy atom. The van der Waals surface area contributed by atoms with Gasteiger partial charge in [0.15, 0.2) is 0 Å². The third kappa shape index (κ3) is 1.87. The number of allylic oxidation sites excluding steroid dienone is 1. The molecular formula is C8H13NS. The van der Waals surface area contributed by atoms with Crippen LogP contribution in [0.15, 0.2) is 11.6 Å². The summed E-state index contributed by atoms with van der Waals surface area (Å²) in [4.78, 5) is 0. The summed E-state index contributed by atoms with van der Waals surface area (Å²) in [5.41, 5.74) is 2.11. The van der Waals surface area contributed by atoms with Crippen molar-refractivity contribution in [3.63, 3.8) is 0 Å². The van der Waals surface area contributed by atoms with Gasteiger partial charge >= 0.3 is 0 Å². The molecule has 56 valence electrons. The van der Waals surface area contributed by atoms with Gasteiger partial charge in [0.2, 0.25) is 0 Å². The van der Waals surface area contributed by atoms with Crippen molar-refractivity contribution in [2.45, 2.75) is 19.8 Å². The Balaban J connectivity index is 2.53. The van der Waals surface area contributed by atoms with E-state index in [1.54, 1.807) is 0 Å². The molecule has 1 rings (SSSR count). The maximum Gasteiger partial charge on any atom is 0.0340 e. The second kappa shape index (κ2) is 3.81. The molecular weight excluding hydrogens is 142 g/mol. The van der Waals surface area contributed by atoms with Gasteiger partial charge in [-0.25, -0.2) is 0 Å². The topological polar surface area (TPSA) is 23.9 Å². The second-order valence-electron chi connectivity index (χ2n) is 2.39. The van der Waals surface area contributed by atoms with Crippen molar-refractivity contribution in [3.05, 3.63) is 11.6 Å². The minimum Gasteiger partial charge on any atom is -0.305 e. The Morgan fingerprint density at radius 2 is 2.60 bits per heavy atom. The van der Waals surface area contributed by atoms with Gasteiger partial charge < -0.3 is 5.41 Å². The van der Waals surface area contributed by atoms with E-state index in [4.69, 9.17) is 5.41 Å². The molecule has 1 N–H and O–H groups in total. The summed E-state index contributed by atoms with van der Waals surface area (Å²) in [6.45, 7) is 2.05. The van der Waals surface area contributed by atoms with E-state index >= 15 is 0 Å². The van der Waals surface area contributed by atoms with Crippen LogP contribution in [-0.2, 0) is 0 Å². The highest BCUT2D eigenvalue weighted by atomic mass is 32.2. The predicted molar refractivity (Wildman–Crippen MR) is 48.0 cm³/mol. The van der Waals surface area contributed by atoms with E-state index in [0.29, 0.717) is 0 Å². The van der Waals surface area contributed by atoms with Crippen LogP contribution >= 0.6 is 11.8 Å². The van der Waals surface area contributed by atoms with Gasteiger partial charge in [-0.2, -0.15) is 11.8 Å². The van der Waals surface area contributed by atoms with Gasteiger partial charge in [0.05, 0.1) is 0 Å². The van der Waals surface area contributed by atoms with Gasteiger partial charge in [-0.3, -0.25) is 0 Å². The molecule has 0 aromatic rings. The fourth-order valence-electron chi connectivity index (χ4n) is 1.03. The largest absolute Gasteiger partial charge is 0.305 e. The summed E-state index contributed by atoms with van der Waals surface area (Å²) in [5, 5.41) is 7.55. The molecule has 0 aliphatic carbocycles. The lowest BCUT2D eigenvalue weighted by Crippen LogP contribution is -2.05. The molecule has 2 heteroatoms. The first kappa shape index (κ1) is 7.86.